The predicted molar refractivity (Wildman–Crippen MR) is 59.1 cm³/mol. The van der Waals surface area contributed by atoms with Crippen LogP contribution in [0.4, 0.5) is 0 Å². The lowest BCUT2D eigenvalue weighted by atomic mass is 9.70. The van der Waals surface area contributed by atoms with Crippen molar-refractivity contribution in [1.29, 1.82) is 0 Å². The van der Waals surface area contributed by atoms with Crippen LogP contribution >= 0.6 is 0 Å². The largest absolute Gasteiger partial charge is 0.393 e. The summed E-state index contributed by atoms with van der Waals surface area (Å²) < 4.78 is 0. The molecule has 0 spiro atoms. The van der Waals surface area contributed by atoms with E-state index in [1.54, 1.807) is 0 Å². The van der Waals surface area contributed by atoms with E-state index in [9.17, 15) is 5.11 Å². The van der Waals surface area contributed by atoms with Gasteiger partial charge in [-0.1, -0.05) is 39.0 Å². The van der Waals surface area contributed by atoms with Gasteiger partial charge in [0.15, 0.2) is 0 Å². The van der Waals surface area contributed by atoms with Crippen molar-refractivity contribution in [3.63, 3.8) is 0 Å². The highest BCUT2D eigenvalue weighted by atomic mass is 16.3. The Labute approximate surface area is 87.9 Å². The minimum absolute atomic E-state index is 0.0269. The SMILES string of the molecule is C[C@@H]1CCC[C@H]([C@@H]2CCCC[C@H]2O)C1. The molecule has 2 saturated carbocycles. The summed E-state index contributed by atoms with van der Waals surface area (Å²) in [7, 11) is 0. The van der Waals surface area contributed by atoms with E-state index in [0.717, 1.165) is 18.3 Å². The van der Waals surface area contributed by atoms with E-state index in [2.05, 4.69) is 6.92 Å². The summed E-state index contributed by atoms with van der Waals surface area (Å²) in [6.07, 6.45) is 10.6. The van der Waals surface area contributed by atoms with E-state index in [1.165, 1.54) is 44.9 Å². The van der Waals surface area contributed by atoms with Gasteiger partial charge < -0.3 is 5.11 Å². The molecule has 4 atom stereocenters. The number of rotatable bonds is 1. The Bertz CT molecular complexity index is 178. The van der Waals surface area contributed by atoms with Crippen LogP contribution in [0.3, 0.4) is 0 Å². The Hall–Kier alpha value is -0.0400. The van der Waals surface area contributed by atoms with Crippen molar-refractivity contribution in [3.8, 4) is 0 Å². The molecule has 1 N–H and O–H groups in total. The molecule has 1 heteroatoms. The van der Waals surface area contributed by atoms with E-state index in [1.807, 2.05) is 0 Å². The smallest absolute Gasteiger partial charge is 0.0571 e. The molecule has 0 amide bonds. The summed E-state index contributed by atoms with van der Waals surface area (Å²) in [6.45, 7) is 2.38. The van der Waals surface area contributed by atoms with E-state index in [-0.39, 0.29) is 6.10 Å². The van der Waals surface area contributed by atoms with Gasteiger partial charge in [-0.3, -0.25) is 0 Å². The van der Waals surface area contributed by atoms with Gasteiger partial charge in [0.05, 0.1) is 6.10 Å². The fraction of sp³-hybridized carbons (Fsp3) is 1.00. The lowest BCUT2D eigenvalue weighted by Gasteiger charge is -2.38. The summed E-state index contributed by atoms with van der Waals surface area (Å²) in [4.78, 5) is 0. The van der Waals surface area contributed by atoms with Gasteiger partial charge in [0.1, 0.15) is 0 Å². The summed E-state index contributed by atoms with van der Waals surface area (Å²) in [5.41, 5.74) is 0. The molecule has 0 aromatic carbocycles. The zero-order valence-electron chi connectivity index (χ0n) is 9.41. The predicted octanol–water partition coefficient (Wildman–Crippen LogP) is 3.36. The van der Waals surface area contributed by atoms with Gasteiger partial charge in [-0.25, -0.2) is 0 Å². The lowest BCUT2D eigenvalue weighted by molar-refractivity contribution is 0.0194. The van der Waals surface area contributed by atoms with E-state index < -0.39 is 0 Å². The zero-order chi connectivity index (χ0) is 9.97. The molecule has 82 valence electrons. The first kappa shape index (κ1) is 10.5. The van der Waals surface area contributed by atoms with Gasteiger partial charge in [-0.15, -0.1) is 0 Å². The van der Waals surface area contributed by atoms with Gasteiger partial charge in [-0.2, -0.15) is 0 Å². The van der Waals surface area contributed by atoms with Crippen molar-refractivity contribution < 1.29 is 5.11 Å². The molecule has 0 aromatic rings. The van der Waals surface area contributed by atoms with Crippen LogP contribution in [-0.4, -0.2) is 11.2 Å². The van der Waals surface area contributed by atoms with Crippen molar-refractivity contribution in [3.05, 3.63) is 0 Å². The van der Waals surface area contributed by atoms with Crippen molar-refractivity contribution in [2.45, 2.75) is 64.4 Å². The van der Waals surface area contributed by atoms with Crippen LogP contribution in [0.1, 0.15) is 58.3 Å². The van der Waals surface area contributed by atoms with E-state index in [0.29, 0.717) is 5.92 Å². The molecule has 0 bridgehead atoms. The summed E-state index contributed by atoms with van der Waals surface area (Å²) in [5.74, 6) is 2.39. The van der Waals surface area contributed by atoms with Crippen molar-refractivity contribution in [2.75, 3.05) is 0 Å². The first-order valence-corrected chi connectivity index (χ1v) is 6.45. The number of aliphatic hydroxyl groups is 1. The molecule has 0 radical (unpaired) electrons. The standard InChI is InChI=1S/C13H24O/c1-10-5-4-6-11(9-10)12-7-2-3-8-13(12)14/h10-14H,2-9H2,1H3/t10-,11+,12+,13-/m1/s1. The monoisotopic (exact) mass is 196 g/mol. The number of hydrogen-bond acceptors (Lipinski definition) is 1. The Morgan fingerprint density at radius 3 is 2.43 bits per heavy atom. The molecule has 1 nitrogen and oxygen atoms in total. The molecular weight excluding hydrogens is 172 g/mol. The first-order valence-electron chi connectivity index (χ1n) is 6.45. The van der Waals surface area contributed by atoms with Gasteiger partial charge in [0.25, 0.3) is 0 Å². The normalized spacial score (nSPS) is 45.0. The molecule has 0 aromatic heterocycles. The lowest BCUT2D eigenvalue weighted by Crippen LogP contribution is -2.33. The van der Waals surface area contributed by atoms with Crippen LogP contribution in [0.15, 0.2) is 0 Å². The third-order valence-corrected chi connectivity index (χ3v) is 4.36. The molecule has 2 aliphatic carbocycles. The average Bonchev–Trinajstić information content (AvgIpc) is 2.18. The molecule has 0 heterocycles. The van der Waals surface area contributed by atoms with Crippen LogP contribution in [0.5, 0.6) is 0 Å². The molecule has 0 aliphatic heterocycles. The molecule has 2 rings (SSSR count). The van der Waals surface area contributed by atoms with Gasteiger partial charge in [-0.05, 0) is 37.0 Å². The van der Waals surface area contributed by atoms with Crippen molar-refractivity contribution >= 4 is 0 Å². The molecule has 2 aliphatic rings. The highest BCUT2D eigenvalue weighted by molar-refractivity contribution is 4.83. The second-order valence-corrected chi connectivity index (χ2v) is 5.55. The van der Waals surface area contributed by atoms with Gasteiger partial charge in [0, 0.05) is 0 Å². The number of aliphatic hydroxyl groups excluding tert-OH is 1. The maximum absolute atomic E-state index is 10.0. The highest BCUT2D eigenvalue weighted by Crippen LogP contribution is 2.40. The van der Waals surface area contributed by atoms with Gasteiger partial charge in [0.2, 0.25) is 0 Å². The van der Waals surface area contributed by atoms with Crippen LogP contribution in [-0.2, 0) is 0 Å². The molecule has 0 unspecified atom stereocenters. The highest BCUT2D eigenvalue weighted by Gasteiger charge is 2.32. The summed E-state index contributed by atoms with van der Waals surface area (Å²) in [6, 6.07) is 0. The second kappa shape index (κ2) is 4.65. The molecule has 14 heavy (non-hydrogen) atoms. The average molecular weight is 196 g/mol. The third-order valence-electron chi connectivity index (χ3n) is 4.36. The van der Waals surface area contributed by atoms with Crippen molar-refractivity contribution in [2.24, 2.45) is 17.8 Å². The first-order chi connectivity index (χ1) is 6.77. The van der Waals surface area contributed by atoms with E-state index in [4.69, 9.17) is 0 Å². The minimum atomic E-state index is 0.0269. The van der Waals surface area contributed by atoms with Crippen LogP contribution < -0.4 is 0 Å². The Morgan fingerprint density at radius 2 is 1.71 bits per heavy atom. The Kier molecular flexibility index (Phi) is 3.48. The third kappa shape index (κ3) is 2.31. The topological polar surface area (TPSA) is 20.2 Å². The van der Waals surface area contributed by atoms with Crippen LogP contribution in [0.25, 0.3) is 0 Å². The van der Waals surface area contributed by atoms with Crippen LogP contribution in [0, 0.1) is 17.8 Å². The summed E-state index contributed by atoms with van der Waals surface area (Å²) >= 11 is 0. The zero-order valence-corrected chi connectivity index (χ0v) is 9.41. The maximum atomic E-state index is 10.0. The summed E-state index contributed by atoms with van der Waals surface area (Å²) in [5, 5.41) is 10.0. The van der Waals surface area contributed by atoms with Crippen LogP contribution in [0.2, 0.25) is 0 Å². The quantitative estimate of drug-likeness (QED) is 0.682. The Balaban J connectivity index is 1.91. The minimum Gasteiger partial charge on any atom is -0.393 e. The Morgan fingerprint density at radius 1 is 0.929 bits per heavy atom. The molecule has 0 saturated heterocycles. The van der Waals surface area contributed by atoms with E-state index >= 15 is 0 Å². The fourth-order valence-electron chi connectivity index (χ4n) is 3.56. The molecular formula is C13H24O. The van der Waals surface area contributed by atoms with Gasteiger partial charge >= 0.3 is 0 Å². The maximum Gasteiger partial charge on any atom is 0.0571 e. The van der Waals surface area contributed by atoms with Crippen molar-refractivity contribution in [1.82, 2.24) is 0 Å². The second-order valence-electron chi connectivity index (χ2n) is 5.55. The fourth-order valence-corrected chi connectivity index (χ4v) is 3.56. The number of hydrogen-bond donors (Lipinski definition) is 1. The molecule has 2 fully saturated rings.